The molecular formula is C17H18BrNOS. The number of halogens is 1. The summed E-state index contributed by atoms with van der Waals surface area (Å²) in [5.41, 5.74) is 3.36. The van der Waals surface area contributed by atoms with E-state index < -0.39 is 0 Å². The summed E-state index contributed by atoms with van der Waals surface area (Å²) < 4.78 is 1.06. The van der Waals surface area contributed by atoms with E-state index in [1.54, 1.807) is 11.3 Å². The van der Waals surface area contributed by atoms with E-state index in [-0.39, 0.29) is 5.91 Å². The lowest BCUT2D eigenvalue weighted by atomic mass is 10.1. The van der Waals surface area contributed by atoms with Crippen LogP contribution >= 0.6 is 27.3 Å². The molecule has 1 amide bonds. The van der Waals surface area contributed by atoms with Gasteiger partial charge in [-0.1, -0.05) is 22.4 Å². The molecule has 0 aliphatic heterocycles. The van der Waals surface area contributed by atoms with Crippen LogP contribution in [0.5, 0.6) is 0 Å². The molecule has 21 heavy (non-hydrogen) atoms. The van der Waals surface area contributed by atoms with Crippen LogP contribution < -0.4 is 5.32 Å². The van der Waals surface area contributed by atoms with Crippen LogP contribution in [0.4, 0.5) is 5.69 Å². The molecule has 1 heterocycles. The summed E-state index contributed by atoms with van der Waals surface area (Å²) in [6.07, 6.45) is 6.06. The average Bonchev–Trinajstić information content (AvgIpc) is 2.74. The molecule has 1 aliphatic rings. The van der Waals surface area contributed by atoms with Gasteiger partial charge < -0.3 is 5.32 Å². The van der Waals surface area contributed by atoms with Crippen molar-refractivity contribution in [2.24, 2.45) is 0 Å². The predicted molar refractivity (Wildman–Crippen MR) is 92.4 cm³/mol. The Morgan fingerprint density at radius 2 is 2.00 bits per heavy atom. The molecule has 1 aromatic carbocycles. The summed E-state index contributed by atoms with van der Waals surface area (Å²) in [5.74, 6) is 0.00907. The molecule has 2 aromatic rings. The number of fused-ring (bicyclic) bond motifs is 1. The van der Waals surface area contributed by atoms with Crippen molar-refractivity contribution in [3.05, 3.63) is 49.6 Å². The second-order valence-electron chi connectivity index (χ2n) is 5.54. The van der Waals surface area contributed by atoms with Crippen LogP contribution in [0.25, 0.3) is 0 Å². The highest BCUT2D eigenvalue weighted by Gasteiger charge is 2.16. The number of hydrogen-bond donors (Lipinski definition) is 1. The molecule has 4 heteroatoms. The Hall–Kier alpha value is -1.13. The third-order valence-corrected chi connectivity index (χ3v) is 6.01. The van der Waals surface area contributed by atoms with Gasteiger partial charge in [-0.3, -0.25) is 4.79 Å². The number of carbonyl (C=O) groups is 1. The number of hydrogen-bond acceptors (Lipinski definition) is 2. The van der Waals surface area contributed by atoms with Gasteiger partial charge in [-0.2, -0.15) is 0 Å². The molecule has 110 valence electrons. The minimum atomic E-state index is 0.00907. The first kappa shape index (κ1) is 14.8. The van der Waals surface area contributed by atoms with Crippen molar-refractivity contribution >= 4 is 38.9 Å². The zero-order chi connectivity index (χ0) is 14.8. The van der Waals surface area contributed by atoms with E-state index in [1.807, 2.05) is 25.1 Å². The molecule has 2 nitrogen and oxygen atoms in total. The van der Waals surface area contributed by atoms with Crippen molar-refractivity contribution in [1.29, 1.82) is 0 Å². The average molecular weight is 364 g/mol. The fraction of sp³-hybridized carbons (Fsp3) is 0.353. The summed E-state index contributed by atoms with van der Waals surface area (Å²) >= 11 is 5.14. The maximum absolute atomic E-state index is 12.4. The van der Waals surface area contributed by atoms with Crippen molar-refractivity contribution in [3.63, 3.8) is 0 Å². The molecule has 0 fully saturated rings. The van der Waals surface area contributed by atoms with Crippen molar-refractivity contribution in [1.82, 2.24) is 0 Å². The molecule has 0 unspecified atom stereocenters. The minimum absolute atomic E-state index is 0.00907. The lowest BCUT2D eigenvalue weighted by molar-refractivity contribution is 0.103. The molecule has 0 atom stereocenters. The van der Waals surface area contributed by atoms with Crippen molar-refractivity contribution in [2.75, 3.05) is 5.32 Å². The van der Waals surface area contributed by atoms with E-state index in [0.717, 1.165) is 33.4 Å². The second-order valence-corrected chi connectivity index (χ2v) is 7.53. The fourth-order valence-corrected chi connectivity index (χ4v) is 4.09. The van der Waals surface area contributed by atoms with E-state index >= 15 is 0 Å². The summed E-state index contributed by atoms with van der Waals surface area (Å²) in [5, 5.41) is 3.00. The van der Waals surface area contributed by atoms with E-state index in [4.69, 9.17) is 0 Å². The minimum Gasteiger partial charge on any atom is -0.321 e. The molecule has 0 spiro atoms. The summed E-state index contributed by atoms with van der Waals surface area (Å²) in [7, 11) is 0. The normalized spacial score (nSPS) is 14.4. The molecular weight excluding hydrogens is 346 g/mol. The van der Waals surface area contributed by atoms with Gasteiger partial charge >= 0.3 is 0 Å². The summed E-state index contributed by atoms with van der Waals surface area (Å²) in [6, 6.07) is 7.97. The third-order valence-electron chi connectivity index (χ3n) is 3.89. The second kappa shape index (κ2) is 6.32. The Balaban J connectivity index is 1.77. The van der Waals surface area contributed by atoms with Gasteiger partial charge in [0.25, 0.3) is 5.91 Å². The van der Waals surface area contributed by atoms with Gasteiger partial charge in [-0.25, -0.2) is 0 Å². The smallest absolute Gasteiger partial charge is 0.265 e. The quantitative estimate of drug-likeness (QED) is 0.716. The summed E-state index contributed by atoms with van der Waals surface area (Å²) in [4.78, 5) is 14.6. The van der Waals surface area contributed by atoms with Crippen LogP contribution in [0.3, 0.4) is 0 Å². The zero-order valence-electron chi connectivity index (χ0n) is 12.0. The number of nitrogens with one attached hydrogen (secondary N) is 1. The van der Waals surface area contributed by atoms with Crippen LogP contribution in [-0.2, 0) is 12.8 Å². The maximum Gasteiger partial charge on any atom is 0.265 e. The van der Waals surface area contributed by atoms with E-state index in [0.29, 0.717) is 0 Å². The van der Waals surface area contributed by atoms with Crippen molar-refractivity contribution in [3.8, 4) is 0 Å². The van der Waals surface area contributed by atoms with Gasteiger partial charge in [-0.15, -0.1) is 11.3 Å². The molecule has 0 saturated carbocycles. The number of anilines is 1. The lowest BCUT2D eigenvalue weighted by Crippen LogP contribution is -2.10. The highest BCUT2D eigenvalue weighted by Crippen LogP contribution is 2.29. The molecule has 0 saturated heterocycles. The Kier molecular flexibility index (Phi) is 4.45. The number of carbonyl (C=O) groups excluding carboxylic acids is 1. The monoisotopic (exact) mass is 363 g/mol. The Labute approximate surface area is 137 Å². The van der Waals surface area contributed by atoms with Crippen LogP contribution in [0.2, 0.25) is 0 Å². The van der Waals surface area contributed by atoms with E-state index in [1.165, 1.54) is 29.7 Å². The van der Waals surface area contributed by atoms with Gasteiger partial charge in [0.05, 0.1) is 4.88 Å². The first-order chi connectivity index (χ1) is 10.1. The highest BCUT2D eigenvalue weighted by molar-refractivity contribution is 9.10. The van der Waals surface area contributed by atoms with E-state index in [2.05, 4.69) is 27.3 Å². The zero-order valence-corrected chi connectivity index (χ0v) is 14.4. The van der Waals surface area contributed by atoms with Gasteiger partial charge in [0, 0.05) is 15.0 Å². The topological polar surface area (TPSA) is 29.1 Å². The molecule has 3 rings (SSSR count). The number of aryl methyl sites for hydroxylation is 3. The standard InChI is InChI=1S/C17H18BrNOS/c1-11-9-13(7-8-14(11)18)19-17(20)16-10-12-5-3-2-4-6-15(12)21-16/h7-10H,2-6H2,1H3,(H,19,20). The van der Waals surface area contributed by atoms with Crippen LogP contribution in [0.1, 0.15) is 44.9 Å². The SMILES string of the molecule is Cc1cc(NC(=O)c2cc3c(s2)CCCCC3)ccc1Br. The van der Waals surface area contributed by atoms with Crippen LogP contribution in [0.15, 0.2) is 28.7 Å². The first-order valence-electron chi connectivity index (χ1n) is 7.32. The van der Waals surface area contributed by atoms with Crippen LogP contribution in [0, 0.1) is 6.92 Å². The Morgan fingerprint density at radius 1 is 1.19 bits per heavy atom. The van der Waals surface area contributed by atoms with Crippen molar-refractivity contribution in [2.45, 2.75) is 39.0 Å². The molecule has 0 radical (unpaired) electrons. The molecule has 1 aliphatic carbocycles. The van der Waals surface area contributed by atoms with Gasteiger partial charge in [-0.05, 0) is 68.0 Å². The number of thiophene rings is 1. The highest BCUT2D eigenvalue weighted by atomic mass is 79.9. The largest absolute Gasteiger partial charge is 0.321 e. The van der Waals surface area contributed by atoms with Crippen molar-refractivity contribution < 1.29 is 4.79 Å². The lowest BCUT2D eigenvalue weighted by Gasteiger charge is -2.05. The predicted octanol–water partition coefficient (Wildman–Crippen LogP) is 5.34. The number of amides is 1. The summed E-state index contributed by atoms with van der Waals surface area (Å²) in [6.45, 7) is 2.02. The first-order valence-corrected chi connectivity index (χ1v) is 8.93. The van der Waals surface area contributed by atoms with E-state index in [9.17, 15) is 4.79 Å². The Morgan fingerprint density at radius 3 is 2.81 bits per heavy atom. The van der Waals surface area contributed by atoms with Gasteiger partial charge in [0.1, 0.15) is 0 Å². The fourth-order valence-electron chi connectivity index (χ4n) is 2.69. The molecule has 1 N–H and O–H groups in total. The molecule has 1 aromatic heterocycles. The van der Waals surface area contributed by atoms with Gasteiger partial charge in [0.2, 0.25) is 0 Å². The maximum atomic E-state index is 12.4. The third kappa shape index (κ3) is 3.38. The number of benzene rings is 1. The van der Waals surface area contributed by atoms with Crippen LogP contribution in [-0.4, -0.2) is 5.91 Å². The molecule has 0 bridgehead atoms. The Bertz CT molecular complexity index is 654. The number of rotatable bonds is 2. The van der Waals surface area contributed by atoms with Gasteiger partial charge in [0.15, 0.2) is 0 Å².